The van der Waals surface area contributed by atoms with Gasteiger partial charge in [0.05, 0.1) is 41.1 Å². The number of fused-ring (bicyclic) bond motifs is 2. The van der Waals surface area contributed by atoms with E-state index < -0.39 is 0 Å². The lowest BCUT2D eigenvalue weighted by Crippen LogP contribution is -2.31. The molecule has 2 aromatic carbocycles. The van der Waals surface area contributed by atoms with Crippen LogP contribution in [0.3, 0.4) is 0 Å². The molecule has 0 aliphatic heterocycles. The lowest BCUT2D eigenvalue weighted by Gasteiger charge is -2.21. The average Bonchev–Trinajstić information content (AvgIpc) is 4.04. The smallest absolute Gasteiger partial charge is 0.259 e. The summed E-state index contributed by atoms with van der Waals surface area (Å²) in [5.41, 5.74) is 7.36. The maximum absolute atomic E-state index is 13.5. The van der Waals surface area contributed by atoms with Crippen molar-refractivity contribution in [1.82, 2.24) is 39.8 Å². The zero-order valence-corrected chi connectivity index (χ0v) is 43.7. The predicted molar refractivity (Wildman–Crippen MR) is 286 cm³/mol. The number of ether oxygens (including phenoxy) is 2. The van der Waals surface area contributed by atoms with Crippen LogP contribution in [0.25, 0.3) is 22.2 Å². The van der Waals surface area contributed by atoms with E-state index in [-0.39, 0.29) is 35.4 Å². The van der Waals surface area contributed by atoms with Crippen molar-refractivity contribution < 1.29 is 28.7 Å². The van der Waals surface area contributed by atoms with Crippen LogP contribution < -0.4 is 29.9 Å². The first-order chi connectivity index (χ1) is 35.8. The fourth-order valence-corrected chi connectivity index (χ4v) is 7.68. The number of pyridine rings is 4. The van der Waals surface area contributed by atoms with Crippen LogP contribution in [0.5, 0.6) is 11.8 Å². The van der Waals surface area contributed by atoms with Gasteiger partial charge < -0.3 is 20.1 Å². The number of anilines is 2. The molecule has 74 heavy (non-hydrogen) atoms. The van der Waals surface area contributed by atoms with Crippen molar-refractivity contribution in [2.45, 2.75) is 47.5 Å². The third-order valence-electron chi connectivity index (χ3n) is 11.2. The van der Waals surface area contributed by atoms with Crippen molar-refractivity contribution in [3.8, 4) is 35.0 Å². The average molecular weight is 1060 g/mol. The lowest BCUT2D eigenvalue weighted by atomic mass is 10.0. The van der Waals surface area contributed by atoms with Crippen molar-refractivity contribution >= 4 is 62.2 Å². The summed E-state index contributed by atoms with van der Waals surface area (Å²) in [6, 6.07) is 32.4. The number of nitriles is 2. The van der Waals surface area contributed by atoms with Crippen LogP contribution >= 0.6 is 15.9 Å². The second kappa shape index (κ2) is 26.0. The largest absolute Gasteiger partial charge is 0.477 e. The number of aryl methyl sites for hydroxylation is 1. The Bertz CT molecular complexity index is 3360. The van der Waals surface area contributed by atoms with Gasteiger partial charge in [-0.15, -0.1) is 0 Å². The number of amides is 4. The van der Waals surface area contributed by atoms with Crippen LogP contribution in [0.1, 0.15) is 98.7 Å². The molecule has 4 amide bonds. The summed E-state index contributed by atoms with van der Waals surface area (Å²) in [5.74, 6) is 0.700. The molecular weight excluding hydrogens is 1000 g/mol. The van der Waals surface area contributed by atoms with Gasteiger partial charge in [0.15, 0.2) is 0 Å². The molecule has 0 bridgehead atoms. The van der Waals surface area contributed by atoms with E-state index in [1.54, 1.807) is 118 Å². The third-order valence-corrected chi connectivity index (χ3v) is 11.8. The highest BCUT2D eigenvalue weighted by Crippen LogP contribution is 2.28. The van der Waals surface area contributed by atoms with Crippen molar-refractivity contribution in [1.29, 1.82) is 10.5 Å². The maximum atomic E-state index is 13.5. The van der Waals surface area contributed by atoms with E-state index >= 15 is 0 Å². The first-order valence-electron chi connectivity index (χ1n) is 23.8. The Morgan fingerprint density at radius 2 is 1.05 bits per heavy atom. The summed E-state index contributed by atoms with van der Waals surface area (Å²) in [5, 5.41) is 32.4. The van der Waals surface area contributed by atoms with Crippen LogP contribution in [-0.2, 0) is 0 Å². The molecule has 6 aromatic heterocycles. The Hall–Kier alpha value is -8.94. The molecule has 378 valence electrons. The number of aromatic nitrogens is 6. The zero-order chi connectivity index (χ0) is 53.3. The Morgan fingerprint density at radius 1 is 0.608 bits per heavy atom. The summed E-state index contributed by atoms with van der Waals surface area (Å²) in [6.45, 7) is 11.4. The summed E-state index contributed by atoms with van der Waals surface area (Å²) < 4.78 is 15.4. The summed E-state index contributed by atoms with van der Waals surface area (Å²) in [6.07, 6.45) is 8.46. The zero-order valence-electron chi connectivity index (χ0n) is 42.1. The predicted octanol–water partition coefficient (Wildman–Crippen LogP) is 9.26. The molecular formula is C55H55BrN12O6. The van der Waals surface area contributed by atoms with E-state index in [2.05, 4.69) is 58.9 Å². The minimum Gasteiger partial charge on any atom is -0.477 e. The lowest BCUT2D eigenvalue weighted by molar-refractivity contribution is 0.0955. The monoisotopic (exact) mass is 1060 g/mol. The molecule has 0 radical (unpaired) electrons. The number of benzene rings is 2. The molecule has 19 heteroatoms. The van der Waals surface area contributed by atoms with E-state index in [9.17, 15) is 29.7 Å². The highest BCUT2D eigenvalue weighted by atomic mass is 79.9. The van der Waals surface area contributed by atoms with Gasteiger partial charge in [-0.3, -0.25) is 29.0 Å². The Balaban J connectivity index is 0.000000205. The van der Waals surface area contributed by atoms with Gasteiger partial charge in [-0.1, -0.05) is 43.7 Å². The second-order valence-electron chi connectivity index (χ2n) is 16.2. The second-order valence-corrected chi connectivity index (χ2v) is 17.1. The van der Waals surface area contributed by atoms with E-state index in [1.807, 2.05) is 71.0 Å². The van der Waals surface area contributed by atoms with Crippen molar-refractivity contribution in [2.24, 2.45) is 0 Å². The van der Waals surface area contributed by atoms with Crippen LogP contribution in [0.4, 0.5) is 11.6 Å². The summed E-state index contributed by atoms with van der Waals surface area (Å²) in [4.78, 5) is 61.4. The van der Waals surface area contributed by atoms with E-state index in [0.29, 0.717) is 71.3 Å². The maximum Gasteiger partial charge on any atom is 0.259 e. The minimum atomic E-state index is -0.235. The minimum absolute atomic E-state index is 0.0370. The van der Waals surface area contributed by atoms with Gasteiger partial charge in [-0.25, -0.2) is 9.03 Å². The number of carbonyl (C=O) groups is 4. The number of nitrogens with one attached hydrogen (secondary N) is 2. The fraction of sp³-hybridized carbons (Fsp3) is 0.236. The molecule has 8 aromatic rings. The van der Waals surface area contributed by atoms with E-state index in [1.165, 1.54) is 0 Å². The molecule has 2 N–H and O–H groups in total. The first-order valence-corrected chi connectivity index (χ1v) is 24.6. The van der Waals surface area contributed by atoms with Gasteiger partial charge >= 0.3 is 0 Å². The third kappa shape index (κ3) is 12.9. The normalized spacial score (nSPS) is 10.4. The van der Waals surface area contributed by atoms with Gasteiger partial charge in [-0.2, -0.15) is 30.7 Å². The molecule has 0 saturated carbocycles. The molecule has 8 rings (SSSR count). The van der Waals surface area contributed by atoms with Gasteiger partial charge in [0, 0.05) is 67.4 Å². The number of halogens is 1. The van der Waals surface area contributed by atoms with Crippen molar-refractivity contribution in [2.75, 3.05) is 50.2 Å². The number of nitrogens with zero attached hydrogens (tertiary/aromatic N) is 10. The first kappa shape index (κ1) is 54.4. The van der Waals surface area contributed by atoms with Crippen LogP contribution in [0.15, 0.2) is 126 Å². The fourth-order valence-electron chi connectivity index (χ4n) is 7.30. The SMILES string of the molecule is CCCOc1nc(N(CC)C(=O)c2ccn3ncc(-c4ccc(C(=O)NC)cc4)c3c2)ccc1C#N.CCCOc1nc(N(CC)C(=O)c2ccn3ncc(Br)c3c2)ccc1C#N.CNC(=O)c1ccc(C)cc1. The van der Waals surface area contributed by atoms with Gasteiger partial charge in [0.1, 0.15) is 34.9 Å². The van der Waals surface area contributed by atoms with Gasteiger partial charge in [0.2, 0.25) is 11.8 Å². The highest BCUT2D eigenvalue weighted by Gasteiger charge is 2.22. The van der Waals surface area contributed by atoms with E-state index in [0.717, 1.165) is 45.0 Å². The summed E-state index contributed by atoms with van der Waals surface area (Å²) in [7, 11) is 3.22. The van der Waals surface area contributed by atoms with Crippen LogP contribution in [0, 0.1) is 29.6 Å². The van der Waals surface area contributed by atoms with Gasteiger partial charge in [-0.05, 0) is 128 Å². The van der Waals surface area contributed by atoms with Gasteiger partial charge in [0.25, 0.3) is 23.6 Å². The topological polar surface area (TPSA) is 225 Å². The van der Waals surface area contributed by atoms with Crippen molar-refractivity contribution in [3.63, 3.8) is 0 Å². The molecule has 0 spiro atoms. The quantitative estimate of drug-likeness (QED) is 0.0980. The molecule has 0 atom stereocenters. The molecule has 0 unspecified atom stereocenters. The molecule has 0 fully saturated rings. The number of hydrogen-bond acceptors (Lipinski definition) is 12. The molecule has 6 heterocycles. The Labute approximate surface area is 437 Å². The van der Waals surface area contributed by atoms with Crippen LogP contribution in [-0.4, -0.2) is 93.2 Å². The number of rotatable bonds is 15. The van der Waals surface area contributed by atoms with E-state index in [4.69, 9.17) is 9.47 Å². The van der Waals surface area contributed by atoms with Crippen LogP contribution in [0.2, 0.25) is 0 Å². The standard InChI is InChI=1S/C27H26N6O3.C19H18BrN5O2.C9H11NO/c1-4-14-36-26-21(16-28)10-11-24(31-26)32(5-2)27(35)20-12-13-33-23(15-20)22(17-30-33)18-6-8-19(9-7-18)25(34)29-3;1-3-9-27-18-14(11-21)5-6-17(23-18)24(4-2)19(26)13-7-8-25-16(10-13)15(20)12-22-25;1-7-3-5-8(6-4-7)9(11)10-2/h6-13,15,17H,4-5,14H2,1-3H3,(H,29,34);5-8,10,12H,3-4,9H2,1-2H3;3-6H,1-2H3,(H,10,11). The summed E-state index contributed by atoms with van der Waals surface area (Å²) >= 11 is 3.43. The Kier molecular flexibility index (Phi) is 19.1. The molecule has 0 aliphatic carbocycles. The number of carbonyl (C=O) groups excluding carboxylic acids is 4. The van der Waals surface area contributed by atoms with Crippen molar-refractivity contribution in [3.05, 3.63) is 165 Å². The molecule has 0 aliphatic rings. The number of hydrogen-bond donors (Lipinski definition) is 2. The Morgan fingerprint density at radius 3 is 1.50 bits per heavy atom. The molecule has 0 saturated heterocycles. The molecule has 18 nitrogen and oxygen atoms in total. The highest BCUT2D eigenvalue weighted by molar-refractivity contribution is 9.10.